The molecular formula is C21H15F3N4O2. The van der Waals surface area contributed by atoms with Gasteiger partial charge in [-0.25, -0.2) is 4.98 Å². The molecule has 0 spiro atoms. The highest BCUT2D eigenvalue weighted by Crippen LogP contribution is 2.31. The first kappa shape index (κ1) is 19.6. The lowest BCUT2D eigenvalue weighted by atomic mass is 10.1. The van der Waals surface area contributed by atoms with E-state index in [0.717, 1.165) is 17.7 Å². The van der Waals surface area contributed by atoms with Crippen molar-refractivity contribution in [3.8, 4) is 28.7 Å². The van der Waals surface area contributed by atoms with Crippen molar-refractivity contribution in [3.05, 3.63) is 77.8 Å². The standard InChI is InChI=1S/C21H15F3N4O2/c1-13-10-17(26-19(25-13)14-6-3-2-4-7-14)29-12-18-27-20(28-30-18)15-8-5-9-16(11-15)21(22,23)24/h2-11H,12H2,1H3. The summed E-state index contributed by atoms with van der Waals surface area (Å²) in [6, 6.07) is 15.8. The number of alkyl halides is 3. The Bertz CT molecular complexity index is 1160. The van der Waals surface area contributed by atoms with Crippen LogP contribution in [0.1, 0.15) is 17.1 Å². The zero-order valence-electron chi connectivity index (χ0n) is 15.7. The van der Waals surface area contributed by atoms with Gasteiger partial charge in [-0.1, -0.05) is 47.6 Å². The Morgan fingerprint density at radius 2 is 1.63 bits per heavy atom. The number of aromatic nitrogens is 4. The van der Waals surface area contributed by atoms with Crippen LogP contribution < -0.4 is 4.74 Å². The van der Waals surface area contributed by atoms with Gasteiger partial charge in [0.2, 0.25) is 11.7 Å². The van der Waals surface area contributed by atoms with Gasteiger partial charge in [0.15, 0.2) is 12.4 Å². The minimum Gasteiger partial charge on any atom is -0.467 e. The molecule has 0 saturated heterocycles. The number of hydrogen-bond acceptors (Lipinski definition) is 6. The topological polar surface area (TPSA) is 73.9 Å². The third-order valence-corrected chi connectivity index (χ3v) is 4.12. The Kier molecular flexibility index (Phi) is 5.18. The van der Waals surface area contributed by atoms with Crippen molar-refractivity contribution in [1.82, 2.24) is 20.1 Å². The van der Waals surface area contributed by atoms with Crippen LogP contribution in [0.3, 0.4) is 0 Å². The van der Waals surface area contributed by atoms with Gasteiger partial charge in [-0.05, 0) is 19.1 Å². The van der Waals surface area contributed by atoms with E-state index in [2.05, 4.69) is 20.1 Å². The van der Waals surface area contributed by atoms with Crippen molar-refractivity contribution < 1.29 is 22.4 Å². The number of benzene rings is 2. The Morgan fingerprint density at radius 3 is 2.40 bits per heavy atom. The van der Waals surface area contributed by atoms with Crippen LogP contribution in [0.2, 0.25) is 0 Å². The lowest BCUT2D eigenvalue weighted by Gasteiger charge is -2.07. The fraction of sp³-hybridized carbons (Fsp3) is 0.143. The quantitative estimate of drug-likeness (QED) is 0.454. The molecule has 0 radical (unpaired) electrons. The summed E-state index contributed by atoms with van der Waals surface area (Å²) in [7, 11) is 0. The van der Waals surface area contributed by atoms with Crippen LogP contribution in [0.5, 0.6) is 5.88 Å². The van der Waals surface area contributed by atoms with Gasteiger partial charge < -0.3 is 9.26 Å². The summed E-state index contributed by atoms with van der Waals surface area (Å²) < 4.78 is 49.4. The molecule has 0 fully saturated rings. The van der Waals surface area contributed by atoms with Crippen molar-refractivity contribution in [1.29, 1.82) is 0 Å². The Balaban J connectivity index is 1.50. The number of halogens is 3. The maximum absolute atomic E-state index is 12.9. The zero-order chi connectivity index (χ0) is 21.1. The molecule has 0 bridgehead atoms. The van der Waals surface area contributed by atoms with E-state index in [0.29, 0.717) is 17.4 Å². The monoisotopic (exact) mass is 412 g/mol. The van der Waals surface area contributed by atoms with E-state index in [1.807, 2.05) is 37.3 Å². The average molecular weight is 412 g/mol. The van der Waals surface area contributed by atoms with Crippen molar-refractivity contribution in [2.45, 2.75) is 19.7 Å². The summed E-state index contributed by atoms with van der Waals surface area (Å²) in [6.07, 6.45) is -4.45. The highest BCUT2D eigenvalue weighted by atomic mass is 19.4. The molecule has 2 aromatic carbocycles. The van der Waals surface area contributed by atoms with Crippen LogP contribution in [-0.2, 0) is 12.8 Å². The van der Waals surface area contributed by atoms with Crippen LogP contribution in [0.15, 0.2) is 65.2 Å². The molecule has 4 aromatic rings. The first-order chi connectivity index (χ1) is 14.4. The summed E-state index contributed by atoms with van der Waals surface area (Å²) in [5.74, 6) is 0.990. The molecule has 2 heterocycles. The fourth-order valence-electron chi connectivity index (χ4n) is 2.73. The molecule has 9 heteroatoms. The van der Waals surface area contributed by atoms with Crippen molar-refractivity contribution in [2.24, 2.45) is 0 Å². The molecule has 30 heavy (non-hydrogen) atoms. The molecule has 2 aromatic heterocycles. The third kappa shape index (κ3) is 4.45. The number of nitrogens with zero attached hydrogens (tertiary/aromatic N) is 4. The average Bonchev–Trinajstić information content (AvgIpc) is 3.21. The molecule has 0 aliphatic carbocycles. The van der Waals surface area contributed by atoms with Crippen molar-refractivity contribution in [2.75, 3.05) is 0 Å². The molecule has 4 rings (SSSR count). The molecule has 0 N–H and O–H groups in total. The lowest BCUT2D eigenvalue weighted by Crippen LogP contribution is -2.04. The molecule has 0 aliphatic rings. The Labute approximate surface area is 169 Å². The van der Waals surface area contributed by atoms with Gasteiger partial charge in [0, 0.05) is 22.9 Å². The molecular weight excluding hydrogens is 397 g/mol. The van der Waals surface area contributed by atoms with Crippen LogP contribution in [0.4, 0.5) is 13.2 Å². The number of aryl methyl sites for hydroxylation is 1. The second kappa shape index (κ2) is 7.94. The molecule has 0 amide bonds. The van der Waals surface area contributed by atoms with Gasteiger partial charge in [-0.3, -0.25) is 0 Å². The van der Waals surface area contributed by atoms with Crippen LogP contribution in [0.25, 0.3) is 22.8 Å². The second-order valence-electron chi connectivity index (χ2n) is 6.42. The summed E-state index contributed by atoms with van der Waals surface area (Å²) in [5.41, 5.74) is 0.973. The van der Waals surface area contributed by atoms with Crippen molar-refractivity contribution >= 4 is 0 Å². The van der Waals surface area contributed by atoms with Crippen LogP contribution in [0, 0.1) is 6.92 Å². The lowest BCUT2D eigenvalue weighted by molar-refractivity contribution is -0.137. The Hall–Kier alpha value is -3.75. The minimum absolute atomic E-state index is 0.0449. The zero-order valence-corrected chi connectivity index (χ0v) is 15.7. The van der Waals surface area contributed by atoms with Crippen molar-refractivity contribution in [3.63, 3.8) is 0 Å². The maximum atomic E-state index is 12.9. The van der Waals surface area contributed by atoms with Crippen LogP contribution in [-0.4, -0.2) is 20.1 Å². The Morgan fingerprint density at radius 1 is 0.867 bits per heavy atom. The van der Waals surface area contributed by atoms with Gasteiger partial charge in [0.25, 0.3) is 5.89 Å². The normalized spacial score (nSPS) is 11.5. The molecule has 0 aliphatic heterocycles. The highest BCUT2D eigenvalue weighted by molar-refractivity contribution is 5.56. The third-order valence-electron chi connectivity index (χ3n) is 4.12. The predicted molar refractivity (Wildman–Crippen MR) is 101 cm³/mol. The summed E-state index contributed by atoms with van der Waals surface area (Å²) in [6.45, 7) is 1.73. The highest BCUT2D eigenvalue weighted by Gasteiger charge is 2.30. The number of rotatable bonds is 5. The van der Waals surface area contributed by atoms with E-state index in [1.165, 1.54) is 12.1 Å². The largest absolute Gasteiger partial charge is 0.467 e. The van der Waals surface area contributed by atoms with Gasteiger partial charge in [0.1, 0.15) is 0 Å². The SMILES string of the molecule is Cc1cc(OCc2nc(-c3cccc(C(F)(F)F)c3)no2)nc(-c2ccccc2)n1. The molecule has 0 atom stereocenters. The molecule has 0 unspecified atom stereocenters. The summed E-state index contributed by atoms with van der Waals surface area (Å²) in [5, 5.41) is 3.74. The van der Waals surface area contributed by atoms with E-state index in [4.69, 9.17) is 9.26 Å². The van der Waals surface area contributed by atoms with E-state index >= 15 is 0 Å². The van der Waals surface area contributed by atoms with Gasteiger partial charge in [0.05, 0.1) is 5.56 Å². The van der Waals surface area contributed by atoms with E-state index in [9.17, 15) is 13.2 Å². The smallest absolute Gasteiger partial charge is 0.416 e. The number of ether oxygens (including phenoxy) is 1. The van der Waals surface area contributed by atoms with E-state index in [1.54, 1.807) is 6.07 Å². The first-order valence-corrected chi connectivity index (χ1v) is 8.92. The molecule has 6 nitrogen and oxygen atoms in total. The molecule has 0 saturated carbocycles. The van der Waals surface area contributed by atoms with E-state index < -0.39 is 11.7 Å². The number of hydrogen-bond donors (Lipinski definition) is 0. The van der Waals surface area contributed by atoms with Gasteiger partial charge in [-0.15, -0.1) is 0 Å². The predicted octanol–water partition coefficient (Wildman–Crippen LogP) is 5.10. The van der Waals surface area contributed by atoms with Gasteiger partial charge in [-0.2, -0.15) is 23.1 Å². The van der Waals surface area contributed by atoms with Gasteiger partial charge >= 0.3 is 6.18 Å². The maximum Gasteiger partial charge on any atom is 0.416 e. The molecule has 152 valence electrons. The fourth-order valence-corrected chi connectivity index (χ4v) is 2.73. The van der Waals surface area contributed by atoms with Crippen LogP contribution >= 0.6 is 0 Å². The van der Waals surface area contributed by atoms with E-state index in [-0.39, 0.29) is 23.9 Å². The summed E-state index contributed by atoms with van der Waals surface area (Å²) >= 11 is 0. The minimum atomic E-state index is -4.45. The summed E-state index contributed by atoms with van der Waals surface area (Å²) in [4.78, 5) is 12.9. The first-order valence-electron chi connectivity index (χ1n) is 8.92. The second-order valence-corrected chi connectivity index (χ2v) is 6.42.